The maximum absolute atomic E-state index is 12.7. The highest BCUT2D eigenvalue weighted by atomic mass is 35.5. The fourth-order valence-corrected chi connectivity index (χ4v) is 2.22. The Morgan fingerprint density at radius 2 is 2.11 bits per heavy atom. The molecule has 1 atom stereocenters. The molecule has 1 unspecified atom stereocenters. The third kappa shape index (κ3) is 5.57. The fraction of sp³-hybridized carbons (Fsp3) is 0.500. The quantitative estimate of drug-likeness (QED) is 0.870. The summed E-state index contributed by atoms with van der Waals surface area (Å²) in [5.41, 5.74) is 1.04. The molecule has 0 spiro atoms. The minimum atomic E-state index is -0.227. The normalized spacial score (nSPS) is 17.8. The molecule has 19 heavy (non-hydrogen) atoms. The summed E-state index contributed by atoms with van der Waals surface area (Å²) in [5, 5.41) is 6.20. The molecule has 1 fully saturated rings. The molecule has 2 rings (SSSR count). The molecule has 1 aromatic rings. The summed E-state index contributed by atoms with van der Waals surface area (Å²) in [6, 6.07) is 6.73. The van der Waals surface area contributed by atoms with E-state index in [1.165, 1.54) is 12.1 Å². The summed E-state index contributed by atoms with van der Waals surface area (Å²) in [5.74, 6) is -0.133. The largest absolute Gasteiger partial charge is 0.356 e. The van der Waals surface area contributed by atoms with Crippen LogP contribution in [0.2, 0.25) is 0 Å². The van der Waals surface area contributed by atoms with Crippen LogP contribution in [-0.4, -0.2) is 25.0 Å². The highest BCUT2D eigenvalue weighted by Crippen LogP contribution is 2.08. The topological polar surface area (TPSA) is 41.1 Å². The van der Waals surface area contributed by atoms with Gasteiger partial charge in [-0.15, -0.1) is 12.4 Å². The zero-order chi connectivity index (χ0) is 12.8. The summed E-state index contributed by atoms with van der Waals surface area (Å²) in [6.07, 6.45) is 3.55. The number of amides is 1. The molecule has 1 aliphatic rings. The second-order valence-electron chi connectivity index (χ2n) is 4.72. The maximum Gasteiger partial charge on any atom is 0.221 e. The number of hydrogen-bond donors (Lipinski definition) is 2. The molecule has 0 aliphatic carbocycles. The Kier molecular flexibility index (Phi) is 6.81. The van der Waals surface area contributed by atoms with E-state index < -0.39 is 0 Å². The highest BCUT2D eigenvalue weighted by Gasteiger charge is 2.16. The molecule has 0 bridgehead atoms. The lowest BCUT2D eigenvalue weighted by atomic mass is 10.1. The van der Waals surface area contributed by atoms with E-state index >= 15 is 0 Å². The SMILES string of the molecule is Cl.O=C(CC1CCCN1)NCCc1ccc(F)cc1. The molecule has 1 amide bonds. The van der Waals surface area contributed by atoms with Gasteiger partial charge in [-0.2, -0.15) is 0 Å². The van der Waals surface area contributed by atoms with Gasteiger partial charge in [0.15, 0.2) is 0 Å². The zero-order valence-corrected chi connectivity index (χ0v) is 11.6. The van der Waals surface area contributed by atoms with Crippen LogP contribution in [0, 0.1) is 5.82 Å². The van der Waals surface area contributed by atoms with E-state index in [2.05, 4.69) is 10.6 Å². The Balaban J connectivity index is 0.00000180. The van der Waals surface area contributed by atoms with Gasteiger partial charge in [-0.25, -0.2) is 4.39 Å². The molecule has 1 aromatic carbocycles. The molecule has 1 aliphatic heterocycles. The molecular formula is C14H20ClFN2O. The highest BCUT2D eigenvalue weighted by molar-refractivity contribution is 5.85. The molecule has 5 heteroatoms. The number of carbonyl (C=O) groups is 1. The van der Waals surface area contributed by atoms with Crippen molar-refractivity contribution < 1.29 is 9.18 Å². The van der Waals surface area contributed by atoms with Crippen molar-refractivity contribution in [2.24, 2.45) is 0 Å². The smallest absolute Gasteiger partial charge is 0.221 e. The molecule has 2 N–H and O–H groups in total. The van der Waals surface area contributed by atoms with Crippen LogP contribution in [0.4, 0.5) is 4.39 Å². The number of benzene rings is 1. The predicted molar refractivity (Wildman–Crippen MR) is 76.0 cm³/mol. The van der Waals surface area contributed by atoms with E-state index in [4.69, 9.17) is 0 Å². The van der Waals surface area contributed by atoms with Crippen LogP contribution >= 0.6 is 12.4 Å². The van der Waals surface area contributed by atoms with Crippen LogP contribution in [0.15, 0.2) is 24.3 Å². The number of hydrogen-bond acceptors (Lipinski definition) is 2. The average molecular weight is 287 g/mol. The average Bonchev–Trinajstić information content (AvgIpc) is 2.84. The Morgan fingerprint density at radius 1 is 1.37 bits per heavy atom. The van der Waals surface area contributed by atoms with Crippen LogP contribution < -0.4 is 10.6 Å². The van der Waals surface area contributed by atoms with Crippen LogP contribution in [0.5, 0.6) is 0 Å². The van der Waals surface area contributed by atoms with E-state index in [1.54, 1.807) is 12.1 Å². The monoisotopic (exact) mass is 286 g/mol. The van der Waals surface area contributed by atoms with Gasteiger partial charge in [0.2, 0.25) is 5.91 Å². The molecule has 1 heterocycles. The molecule has 0 saturated carbocycles. The predicted octanol–water partition coefficient (Wildman–Crippen LogP) is 2.05. The lowest BCUT2D eigenvalue weighted by Gasteiger charge is -2.10. The van der Waals surface area contributed by atoms with Gasteiger partial charge >= 0.3 is 0 Å². The van der Waals surface area contributed by atoms with E-state index in [1.807, 2.05) is 0 Å². The first-order chi connectivity index (χ1) is 8.74. The maximum atomic E-state index is 12.7. The minimum absolute atomic E-state index is 0. The first-order valence-corrected chi connectivity index (χ1v) is 6.48. The number of carbonyl (C=O) groups excluding carboxylic acids is 1. The molecule has 3 nitrogen and oxygen atoms in total. The summed E-state index contributed by atoms with van der Waals surface area (Å²) < 4.78 is 12.7. The minimum Gasteiger partial charge on any atom is -0.356 e. The number of nitrogens with one attached hydrogen (secondary N) is 2. The van der Waals surface area contributed by atoms with E-state index in [0.29, 0.717) is 19.0 Å². The van der Waals surface area contributed by atoms with Gasteiger partial charge in [-0.3, -0.25) is 4.79 Å². The van der Waals surface area contributed by atoms with Gasteiger partial charge < -0.3 is 10.6 Å². The van der Waals surface area contributed by atoms with Gasteiger partial charge in [-0.1, -0.05) is 12.1 Å². The van der Waals surface area contributed by atoms with E-state index in [-0.39, 0.29) is 24.1 Å². The van der Waals surface area contributed by atoms with Gasteiger partial charge in [0, 0.05) is 19.0 Å². The van der Waals surface area contributed by atoms with Crippen LogP contribution in [0.25, 0.3) is 0 Å². The zero-order valence-electron chi connectivity index (χ0n) is 10.8. The van der Waals surface area contributed by atoms with Crippen LogP contribution in [0.3, 0.4) is 0 Å². The standard InChI is InChI=1S/C14H19FN2O.ClH/c15-12-5-3-11(4-6-12)7-9-17-14(18)10-13-2-1-8-16-13;/h3-6,13,16H,1-2,7-10H2,(H,17,18);1H. The summed E-state index contributed by atoms with van der Waals surface area (Å²) in [4.78, 5) is 11.6. The first-order valence-electron chi connectivity index (χ1n) is 6.48. The molecule has 0 aromatic heterocycles. The summed E-state index contributed by atoms with van der Waals surface area (Å²) in [6.45, 7) is 1.63. The van der Waals surface area contributed by atoms with Crippen molar-refractivity contribution in [3.63, 3.8) is 0 Å². The molecule has 106 valence electrons. The lowest BCUT2D eigenvalue weighted by molar-refractivity contribution is -0.121. The van der Waals surface area contributed by atoms with Crippen molar-refractivity contribution in [1.82, 2.24) is 10.6 Å². The Labute approximate surface area is 119 Å². The summed E-state index contributed by atoms with van der Waals surface area (Å²) >= 11 is 0. The van der Waals surface area contributed by atoms with Crippen molar-refractivity contribution in [2.75, 3.05) is 13.1 Å². The van der Waals surface area contributed by atoms with Crippen LogP contribution in [0.1, 0.15) is 24.8 Å². The molecular weight excluding hydrogens is 267 g/mol. The Hall–Kier alpha value is -1.13. The molecule has 0 radical (unpaired) electrons. The number of rotatable bonds is 5. The first kappa shape index (κ1) is 15.9. The van der Waals surface area contributed by atoms with E-state index in [9.17, 15) is 9.18 Å². The lowest BCUT2D eigenvalue weighted by Crippen LogP contribution is -2.32. The van der Waals surface area contributed by atoms with E-state index in [0.717, 1.165) is 31.4 Å². The third-order valence-electron chi connectivity index (χ3n) is 3.24. The van der Waals surface area contributed by atoms with Crippen molar-refractivity contribution in [2.45, 2.75) is 31.7 Å². The third-order valence-corrected chi connectivity index (χ3v) is 3.24. The van der Waals surface area contributed by atoms with Crippen molar-refractivity contribution >= 4 is 18.3 Å². The summed E-state index contributed by atoms with van der Waals surface area (Å²) in [7, 11) is 0. The van der Waals surface area contributed by atoms with Crippen molar-refractivity contribution in [1.29, 1.82) is 0 Å². The van der Waals surface area contributed by atoms with Crippen molar-refractivity contribution in [3.8, 4) is 0 Å². The van der Waals surface area contributed by atoms with Crippen LogP contribution in [-0.2, 0) is 11.2 Å². The number of halogens is 2. The van der Waals surface area contributed by atoms with Gasteiger partial charge in [-0.05, 0) is 43.5 Å². The fourth-order valence-electron chi connectivity index (χ4n) is 2.22. The second-order valence-corrected chi connectivity index (χ2v) is 4.72. The van der Waals surface area contributed by atoms with Gasteiger partial charge in [0.1, 0.15) is 5.82 Å². The Morgan fingerprint density at radius 3 is 2.74 bits per heavy atom. The second kappa shape index (κ2) is 8.12. The molecule has 1 saturated heterocycles. The van der Waals surface area contributed by atoms with Crippen molar-refractivity contribution in [3.05, 3.63) is 35.6 Å². The van der Waals surface area contributed by atoms with Gasteiger partial charge in [0.05, 0.1) is 0 Å². The van der Waals surface area contributed by atoms with Gasteiger partial charge in [0.25, 0.3) is 0 Å². The Bertz CT molecular complexity index is 391.